The predicted octanol–water partition coefficient (Wildman–Crippen LogP) is 13.9. The maximum atomic E-state index is 11.6. The summed E-state index contributed by atoms with van der Waals surface area (Å²) < 4.78 is 0. The number of carbonyl (C=O) groups excluding carboxylic acids is 1. The molecule has 0 fully saturated rings. The number of aldehydes is 1. The zero-order chi connectivity index (χ0) is 43.8. The third-order valence-corrected chi connectivity index (χ3v) is 9.24. The second kappa shape index (κ2) is 27.5. The van der Waals surface area contributed by atoms with Crippen LogP contribution in [0.4, 0.5) is 0 Å². The Hall–Kier alpha value is -5.13. The number of hydrogen-bond acceptors (Lipinski definition) is 4. The van der Waals surface area contributed by atoms with Crippen molar-refractivity contribution in [3.05, 3.63) is 182 Å². The van der Waals surface area contributed by atoms with Crippen molar-refractivity contribution in [1.82, 2.24) is 9.97 Å². The number of aryl methyl sites for hydroxylation is 3. The fraction of sp³-hybridized carbons (Fsp3) is 0.377. The van der Waals surface area contributed by atoms with Crippen LogP contribution in [0.15, 0.2) is 126 Å². The quantitative estimate of drug-likeness (QED) is 0.165. The lowest BCUT2D eigenvalue weighted by Gasteiger charge is -2.04. The highest BCUT2D eigenvalue weighted by Gasteiger charge is 2.05. The molecule has 6 aromatic rings. The molecule has 1 aromatic heterocycles. The van der Waals surface area contributed by atoms with E-state index in [1.54, 1.807) is 6.07 Å². The molecule has 5 nitrogen and oxygen atoms in total. The average molecular weight is 785 g/mol. The Balaban J connectivity index is 0.000000359. The van der Waals surface area contributed by atoms with Crippen molar-refractivity contribution in [3.63, 3.8) is 0 Å². The Morgan fingerprint density at radius 3 is 1.12 bits per heavy atom. The van der Waals surface area contributed by atoms with Crippen LogP contribution < -0.4 is 5.56 Å². The third kappa shape index (κ3) is 19.8. The van der Waals surface area contributed by atoms with Crippen LogP contribution in [-0.4, -0.2) is 21.4 Å². The van der Waals surface area contributed by atoms with Crippen molar-refractivity contribution < 1.29 is 9.90 Å². The van der Waals surface area contributed by atoms with E-state index in [0.717, 1.165) is 23.2 Å². The van der Waals surface area contributed by atoms with Gasteiger partial charge in [0.2, 0.25) is 0 Å². The number of nitrogens with one attached hydrogen (secondary N) is 1. The van der Waals surface area contributed by atoms with E-state index in [1.807, 2.05) is 44.2 Å². The number of nitrogens with zero attached hydrogens (tertiary/aromatic N) is 1. The zero-order valence-corrected chi connectivity index (χ0v) is 37.9. The maximum Gasteiger partial charge on any atom is 0.258 e. The number of carbonyl (C=O) groups is 1. The average Bonchev–Trinajstić information content (AvgIpc) is 3.20. The van der Waals surface area contributed by atoms with Gasteiger partial charge in [-0.15, -0.1) is 0 Å². The van der Waals surface area contributed by atoms with Gasteiger partial charge in [0, 0.05) is 5.92 Å². The number of aliphatic hydroxyl groups is 1. The minimum Gasteiger partial charge on any atom is -0.392 e. The molecule has 0 radical (unpaired) electrons. The molecule has 0 unspecified atom stereocenters. The smallest absolute Gasteiger partial charge is 0.258 e. The molecule has 0 aliphatic heterocycles. The topological polar surface area (TPSA) is 83.1 Å². The molecule has 0 aliphatic rings. The molecule has 0 bridgehead atoms. The Bertz CT molecular complexity index is 1920. The van der Waals surface area contributed by atoms with Gasteiger partial charge in [-0.3, -0.25) is 4.79 Å². The predicted molar refractivity (Wildman–Crippen MR) is 250 cm³/mol. The number of fused-ring (bicyclic) bond motifs is 1. The standard InChI is InChI=1S/C11H12N2O.C10H14O.3C10H14.C2H4O/c1-7(2)10-12-9-6-4-3-5-8(9)11(14)13-10;1-8(2)10-5-3-9(7-11)4-6-10;3*1-8(2)10-6-4-9(3)5-7-10;1-2-3/h3-7H,1-2H3,(H,12,13,14);3-6,8,11H,7H2,1-2H3;3*4-8H,1-3H3;2H,1H3. The maximum absolute atomic E-state index is 11.6. The Morgan fingerprint density at radius 1 is 0.517 bits per heavy atom. The molecule has 58 heavy (non-hydrogen) atoms. The summed E-state index contributed by atoms with van der Waals surface area (Å²) in [4.78, 5) is 27.6. The van der Waals surface area contributed by atoms with Gasteiger partial charge in [-0.05, 0) is 91.3 Å². The van der Waals surface area contributed by atoms with Gasteiger partial charge in [0.1, 0.15) is 12.1 Å². The van der Waals surface area contributed by atoms with Crippen LogP contribution in [0.3, 0.4) is 0 Å². The highest BCUT2D eigenvalue weighted by Crippen LogP contribution is 2.17. The van der Waals surface area contributed by atoms with Crippen molar-refractivity contribution in [1.29, 1.82) is 0 Å². The van der Waals surface area contributed by atoms with E-state index >= 15 is 0 Å². The summed E-state index contributed by atoms with van der Waals surface area (Å²) >= 11 is 0. The van der Waals surface area contributed by atoms with Crippen LogP contribution in [0.5, 0.6) is 0 Å². The molecule has 0 amide bonds. The van der Waals surface area contributed by atoms with Gasteiger partial charge in [0.05, 0.1) is 17.5 Å². The molecule has 6 rings (SSSR count). The van der Waals surface area contributed by atoms with Crippen LogP contribution in [0.25, 0.3) is 10.9 Å². The molecule has 0 spiro atoms. The second-order valence-electron chi connectivity index (χ2n) is 16.1. The monoisotopic (exact) mass is 785 g/mol. The summed E-state index contributed by atoms with van der Waals surface area (Å²) in [6.07, 6.45) is 0.750. The minimum absolute atomic E-state index is 0.0562. The van der Waals surface area contributed by atoms with Crippen molar-refractivity contribution in [2.24, 2.45) is 0 Å². The van der Waals surface area contributed by atoms with Crippen LogP contribution in [-0.2, 0) is 11.4 Å². The molecular formula is C53H72N2O3. The number of para-hydroxylation sites is 1. The molecule has 2 N–H and O–H groups in total. The van der Waals surface area contributed by atoms with Crippen LogP contribution >= 0.6 is 0 Å². The van der Waals surface area contributed by atoms with Gasteiger partial charge < -0.3 is 14.9 Å². The summed E-state index contributed by atoms with van der Waals surface area (Å²) in [5.41, 5.74) is 11.3. The van der Waals surface area contributed by atoms with E-state index in [2.05, 4.69) is 171 Å². The van der Waals surface area contributed by atoms with Gasteiger partial charge in [0.15, 0.2) is 0 Å². The van der Waals surface area contributed by atoms with E-state index in [0.29, 0.717) is 29.1 Å². The molecule has 5 aromatic carbocycles. The van der Waals surface area contributed by atoms with Gasteiger partial charge in [-0.25, -0.2) is 4.98 Å². The lowest BCUT2D eigenvalue weighted by Crippen LogP contribution is -2.12. The number of aliphatic hydroxyl groups excluding tert-OH is 1. The lowest BCUT2D eigenvalue weighted by molar-refractivity contribution is -0.106. The molecule has 0 saturated heterocycles. The highest BCUT2D eigenvalue weighted by molar-refractivity contribution is 5.77. The first kappa shape index (κ1) is 50.9. The number of hydrogen-bond donors (Lipinski definition) is 2. The first-order valence-electron chi connectivity index (χ1n) is 20.7. The first-order chi connectivity index (χ1) is 27.4. The highest BCUT2D eigenvalue weighted by atomic mass is 16.3. The minimum atomic E-state index is -0.0562. The fourth-order valence-electron chi connectivity index (χ4n) is 5.24. The normalized spacial score (nSPS) is 10.3. The van der Waals surface area contributed by atoms with Gasteiger partial charge in [0.25, 0.3) is 5.56 Å². The Morgan fingerprint density at radius 2 is 0.828 bits per heavy atom. The van der Waals surface area contributed by atoms with Crippen molar-refractivity contribution in [2.45, 2.75) is 133 Å². The lowest BCUT2D eigenvalue weighted by atomic mass is 10.0. The summed E-state index contributed by atoms with van der Waals surface area (Å²) in [5, 5.41) is 9.42. The van der Waals surface area contributed by atoms with Crippen LogP contribution in [0.1, 0.15) is 156 Å². The second-order valence-corrected chi connectivity index (χ2v) is 16.1. The number of rotatable bonds is 6. The van der Waals surface area contributed by atoms with Crippen molar-refractivity contribution in [2.75, 3.05) is 0 Å². The zero-order valence-electron chi connectivity index (χ0n) is 37.9. The molecule has 0 saturated carbocycles. The molecular weight excluding hydrogens is 713 g/mol. The van der Waals surface area contributed by atoms with Gasteiger partial charge in [-0.2, -0.15) is 0 Å². The Kier molecular flexibility index (Phi) is 24.1. The van der Waals surface area contributed by atoms with Gasteiger partial charge in [-0.1, -0.05) is 195 Å². The van der Waals surface area contributed by atoms with Crippen molar-refractivity contribution >= 4 is 17.2 Å². The number of aromatic amines is 1. The number of H-pyrrole nitrogens is 1. The van der Waals surface area contributed by atoms with E-state index < -0.39 is 0 Å². The summed E-state index contributed by atoms with van der Waals surface area (Å²) in [5.74, 6) is 3.52. The van der Waals surface area contributed by atoms with E-state index in [1.165, 1.54) is 45.9 Å². The number of aromatic nitrogens is 2. The first-order valence-corrected chi connectivity index (χ1v) is 20.7. The molecule has 1 heterocycles. The molecule has 0 atom stereocenters. The molecule has 312 valence electrons. The fourth-order valence-corrected chi connectivity index (χ4v) is 5.24. The summed E-state index contributed by atoms with van der Waals surface area (Å²) in [7, 11) is 0. The molecule has 5 heteroatoms. The molecule has 0 aliphatic carbocycles. The van der Waals surface area contributed by atoms with Gasteiger partial charge >= 0.3 is 0 Å². The largest absolute Gasteiger partial charge is 0.392 e. The summed E-state index contributed by atoms with van der Waals surface area (Å²) in [6.45, 7) is 29.5. The van der Waals surface area contributed by atoms with E-state index in [9.17, 15) is 4.79 Å². The van der Waals surface area contributed by atoms with Crippen LogP contribution in [0, 0.1) is 20.8 Å². The summed E-state index contributed by atoms with van der Waals surface area (Å²) in [6, 6.07) is 41.6. The Labute approximate surface area is 351 Å². The van der Waals surface area contributed by atoms with E-state index in [-0.39, 0.29) is 18.1 Å². The number of benzene rings is 5. The van der Waals surface area contributed by atoms with E-state index in [4.69, 9.17) is 9.90 Å². The SMILES string of the molecule is CC(C)c1ccc(CO)cc1.CC(C)c1nc2ccccc2c(=O)[nH]1.CC=O.Cc1ccc(C(C)C)cc1.Cc1ccc(C(C)C)cc1.Cc1ccc(C(C)C)cc1. The third-order valence-electron chi connectivity index (χ3n) is 9.24. The van der Waals surface area contributed by atoms with Crippen LogP contribution in [0.2, 0.25) is 0 Å². The van der Waals surface area contributed by atoms with Crippen molar-refractivity contribution in [3.8, 4) is 0 Å².